The second-order valence-corrected chi connectivity index (χ2v) is 6.29. The molecule has 0 aliphatic carbocycles. The zero-order valence-corrected chi connectivity index (χ0v) is 16.3. The monoisotopic (exact) mass is 423 g/mol. The summed E-state index contributed by atoms with van der Waals surface area (Å²) in [5.74, 6) is -1.18. The van der Waals surface area contributed by atoms with Crippen molar-refractivity contribution in [1.82, 2.24) is 0 Å². The fraction of sp³-hybridized carbons (Fsp3) is 0.286. The molecule has 160 valence electrons. The largest absolute Gasteiger partial charge is 0.482 e. The minimum absolute atomic E-state index is 0.0196. The third-order valence-corrected chi connectivity index (χ3v) is 4.01. The Bertz CT molecular complexity index is 892. The van der Waals surface area contributed by atoms with Crippen molar-refractivity contribution in [2.45, 2.75) is 32.5 Å². The molecule has 1 N–H and O–H groups in total. The van der Waals surface area contributed by atoms with E-state index in [1.807, 2.05) is 0 Å². The van der Waals surface area contributed by atoms with Gasteiger partial charge in [0.05, 0.1) is 5.56 Å². The lowest BCUT2D eigenvalue weighted by Gasteiger charge is -2.14. The Morgan fingerprint density at radius 3 is 2.13 bits per heavy atom. The van der Waals surface area contributed by atoms with E-state index in [9.17, 15) is 27.6 Å². The topological polar surface area (TPSA) is 81.7 Å². The van der Waals surface area contributed by atoms with Crippen LogP contribution in [0.15, 0.2) is 48.5 Å². The number of benzene rings is 2. The fourth-order valence-corrected chi connectivity index (χ4v) is 2.35. The van der Waals surface area contributed by atoms with Crippen LogP contribution in [0.3, 0.4) is 0 Å². The molecule has 0 aromatic heterocycles. The number of ketones is 1. The predicted molar refractivity (Wildman–Crippen MR) is 102 cm³/mol. The van der Waals surface area contributed by atoms with Gasteiger partial charge in [0.2, 0.25) is 0 Å². The first kappa shape index (κ1) is 22.9. The number of esters is 1. The molecule has 2 rings (SSSR count). The van der Waals surface area contributed by atoms with Crippen LogP contribution < -0.4 is 10.1 Å². The molecular formula is C21H20F3NO5. The minimum Gasteiger partial charge on any atom is -0.482 e. The van der Waals surface area contributed by atoms with Crippen LogP contribution in [0.1, 0.15) is 36.2 Å². The molecule has 0 spiro atoms. The Balaban J connectivity index is 1.81. The number of ether oxygens (including phenoxy) is 2. The van der Waals surface area contributed by atoms with Gasteiger partial charge in [-0.3, -0.25) is 9.59 Å². The molecule has 0 unspecified atom stereocenters. The van der Waals surface area contributed by atoms with Crippen molar-refractivity contribution in [2.24, 2.45) is 0 Å². The van der Waals surface area contributed by atoms with Crippen LogP contribution in [-0.2, 0) is 20.5 Å². The van der Waals surface area contributed by atoms with Crippen molar-refractivity contribution in [1.29, 1.82) is 0 Å². The van der Waals surface area contributed by atoms with Crippen LogP contribution in [0.5, 0.6) is 5.75 Å². The highest BCUT2D eigenvalue weighted by molar-refractivity contribution is 5.96. The molecule has 0 saturated heterocycles. The maximum absolute atomic E-state index is 12.5. The van der Waals surface area contributed by atoms with Gasteiger partial charge in [-0.05, 0) is 55.5 Å². The molecule has 0 saturated carbocycles. The Hall–Kier alpha value is -3.36. The summed E-state index contributed by atoms with van der Waals surface area (Å²) >= 11 is 0. The smallest absolute Gasteiger partial charge is 0.416 e. The van der Waals surface area contributed by atoms with Crippen molar-refractivity contribution in [2.75, 3.05) is 11.9 Å². The molecule has 2 aromatic rings. The van der Waals surface area contributed by atoms with E-state index in [-0.39, 0.29) is 11.5 Å². The quantitative estimate of drug-likeness (QED) is 0.507. The van der Waals surface area contributed by atoms with Gasteiger partial charge in [-0.1, -0.05) is 6.92 Å². The molecule has 30 heavy (non-hydrogen) atoms. The van der Waals surface area contributed by atoms with E-state index in [1.165, 1.54) is 19.1 Å². The number of alkyl halides is 3. The average Bonchev–Trinajstić information content (AvgIpc) is 2.71. The molecular weight excluding hydrogens is 403 g/mol. The van der Waals surface area contributed by atoms with Crippen LogP contribution in [0.2, 0.25) is 0 Å². The van der Waals surface area contributed by atoms with E-state index in [4.69, 9.17) is 9.47 Å². The number of hydrogen-bond donors (Lipinski definition) is 1. The third kappa shape index (κ3) is 6.61. The highest BCUT2D eigenvalue weighted by atomic mass is 19.4. The lowest BCUT2D eigenvalue weighted by molar-refractivity contribution is -0.155. The normalized spacial score (nSPS) is 12.0. The van der Waals surface area contributed by atoms with Crippen LogP contribution in [0.4, 0.5) is 18.9 Å². The summed E-state index contributed by atoms with van der Waals surface area (Å²) < 4.78 is 47.9. The fourth-order valence-electron chi connectivity index (χ4n) is 2.35. The molecule has 1 atom stereocenters. The van der Waals surface area contributed by atoms with Gasteiger partial charge in [0.15, 0.2) is 18.5 Å². The van der Waals surface area contributed by atoms with E-state index >= 15 is 0 Å². The van der Waals surface area contributed by atoms with E-state index < -0.39 is 36.3 Å². The molecule has 9 heteroatoms. The van der Waals surface area contributed by atoms with E-state index in [0.717, 1.165) is 24.3 Å². The van der Waals surface area contributed by atoms with E-state index in [2.05, 4.69) is 5.32 Å². The summed E-state index contributed by atoms with van der Waals surface area (Å²) in [4.78, 5) is 35.5. The number of halogens is 3. The summed E-state index contributed by atoms with van der Waals surface area (Å²) in [5, 5.41) is 2.37. The lowest BCUT2D eigenvalue weighted by atomic mass is 10.1. The Labute approximate surface area is 171 Å². The van der Waals surface area contributed by atoms with Crippen LogP contribution in [-0.4, -0.2) is 30.4 Å². The highest BCUT2D eigenvalue weighted by Crippen LogP contribution is 2.29. The number of amides is 1. The third-order valence-electron chi connectivity index (χ3n) is 4.01. The van der Waals surface area contributed by atoms with Gasteiger partial charge in [-0.25, -0.2) is 4.79 Å². The summed E-state index contributed by atoms with van der Waals surface area (Å²) in [7, 11) is 0. The summed E-state index contributed by atoms with van der Waals surface area (Å²) in [5.41, 5.74) is -0.181. The molecule has 6 nitrogen and oxygen atoms in total. The number of anilines is 1. The summed E-state index contributed by atoms with van der Waals surface area (Å²) in [6, 6.07) is 10.1. The van der Waals surface area contributed by atoms with Crippen molar-refractivity contribution in [3.05, 3.63) is 59.7 Å². The summed E-state index contributed by atoms with van der Waals surface area (Å²) in [6.07, 6.45) is -5.29. The Morgan fingerprint density at radius 1 is 1.00 bits per heavy atom. The number of nitrogens with one attached hydrogen (secondary N) is 1. The molecule has 2 aromatic carbocycles. The summed E-state index contributed by atoms with van der Waals surface area (Å²) in [6.45, 7) is 2.61. The number of rotatable bonds is 8. The van der Waals surface area contributed by atoms with Gasteiger partial charge < -0.3 is 14.8 Å². The molecule has 0 aliphatic heterocycles. The van der Waals surface area contributed by atoms with Gasteiger partial charge in [0.25, 0.3) is 5.91 Å². The maximum Gasteiger partial charge on any atom is 0.416 e. The molecule has 0 fully saturated rings. The van der Waals surface area contributed by atoms with Gasteiger partial charge in [0.1, 0.15) is 5.75 Å². The number of Topliss-reactive ketones (excluding diaryl/α,β-unsaturated/α-hetero) is 1. The van der Waals surface area contributed by atoms with E-state index in [0.29, 0.717) is 17.7 Å². The molecule has 1 amide bonds. The first-order valence-electron chi connectivity index (χ1n) is 9.03. The van der Waals surface area contributed by atoms with Crippen molar-refractivity contribution >= 4 is 23.3 Å². The van der Waals surface area contributed by atoms with Gasteiger partial charge in [-0.2, -0.15) is 13.2 Å². The van der Waals surface area contributed by atoms with Gasteiger partial charge in [0, 0.05) is 17.7 Å². The van der Waals surface area contributed by atoms with Gasteiger partial charge >= 0.3 is 12.1 Å². The van der Waals surface area contributed by atoms with Crippen molar-refractivity contribution < 1.29 is 37.0 Å². The number of carbonyl (C=O) groups is 3. The lowest BCUT2D eigenvalue weighted by Crippen LogP contribution is -2.31. The van der Waals surface area contributed by atoms with Crippen LogP contribution in [0, 0.1) is 0 Å². The standard InChI is InChI=1S/C21H20F3NO5/c1-3-18(26)14-4-10-17(11-5-14)29-12-19(27)30-13(2)20(28)25-16-8-6-15(7-9-16)21(22,23)24/h4-11,13H,3,12H2,1-2H3,(H,25,28)/t13-/m0/s1. The molecule has 0 aliphatic rings. The second kappa shape index (κ2) is 9.91. The number of carbonyl (C=O) groups excluding carboxylic acids is 3. The van der Waals surface area contributed by atoms with E-state index in [1.54, 1.807) is 19.1 Å². The predicted octanol–water partition coefficient (Wildman–Crippen LogP) is 4.25. The van der Waals surface area contributed by atoms with Gasteiger partial charge in [-0.15, -0.1) is 0 Å². The first-order valence-corrected chi connectivity index (χ1v) is 9.03. The maximum atomic E-state index is 12.5. The second-order valence-electron chi connectivity index (χ2n) is 6.29. The minimum atomic E-state index is -4.47. The SMILES string of the molecule is CCC(=O)c1ccc(OCC(=O)O[C@@H](C)C(=O)Nc2ccc(C(F)(F)F)cc2)cc1. The van der Waals surface area contributed by atoms with Crippen LogP contribution in [0.25, 0.3) is 0 Å². The first-order chi connectivity index (χ1) is 14.1. The highest BCUT2D eigenvalue weighted by Gasteiger charge is 2.30. The zero-order chi connectivity index (χ0) is 22.3. The number of hydrogen-bond acceptors (Lipinski definition) is 5. The Kier molecular flexibility index (Phi) is 7.57. The molecule has 0 heterocycles. The van der Waals surface area contributed by atoms with Crippen LogP contribution >= 0.6 is 0 Å². The average molecular weight is 423 g/mol. The Morgan fingerprint density at radius 2 is 1.60 bits per heavy atom. The molecule has 0 bridgehead atoms. The molecule has 0 radical (unpaired) electrons. The zero-order valence-electron chi connectivity index (χ0n) is 16.3. The van der Waals surface area contributed by atoms with Crippen molar-refractivity contribution in [3.63, 3.8) is 0 Å². The van der Waals surface area contributed by atoms with Crippen molar-refractivity contribution in [3.8, 4) is 5.75 Å².